The van der Waals surface area contributed by atoms with Crippen LogP contribution in [0.25, 0.3) is 5.69 Å². The Morgan fingerprint density at radius 2 is 2.06 bits per heavy atom. The summed E-state index contributed by atoms with van der Waals surface area (Å²) in [5.41, 5.74) is 1.80. The fourth-order valence-electron chi connectivity index (χ4n) is 4.54. The molecule has 2 heterocycles. The molecule has 0 spiro atoms. The highest BCUT2D eigenvalue weighted by Crippen LogP contribution is 2.43. The normalized spacial score (nSPS) is 23.3. The Labute approximate surface area is 187 Å². The molecule has 5 rings (SSSR count). The van der Waals surface area contributed by atoms with Gasteiger partial charge in [-0.15, -0.1) is 0 Å². The second-order valence-electron chi connectivity index (χ2n) is 7.95. The van der Waals surface area contributed by atoms with Crippen molar-refractivity contribution < 1.29 is 14.2 Å². The zero-order valence-electron chi connectivity index (χ0n) is 16.4. The van der Waals surface area contributed by atoms with Gasteiger partial charge < -0.3 is 14.8 Å². The molecule has 3 aromatic rings. The van der Waals surface area contributed by atoms with Crippen molar-refractivity contribution in [2.45, 2.75) is 31.1 Å². The van der Waals surface area contributed by atoms with Gasteiger partial charge in [-0.1, -0.05) is 23.2 Å². The number of hydrogen-bond donors (Lipinski definition) is 2. The van der Waals surface area contributed by atoms with E-state index < -0.39 is 11.9 Å². The molecule has 0 amide bonds. The van der Waals surface area contributed by atoms with Crippen molar-refractivity contribution in [3.63, 3.8) is 0 Å². The molecule has 0 unspecified atom stereocenters. The van der Waals surface area contributed by atoms with E-state index in [1.165, 1.54) is 29.1 Å². The van der Waals surface area contributed by atoms with E-state index in [-0.39, 0.29) is 23.6 Å². The lowest BCUT2D eigenvalue weighted by molar-refractivity contribution is 0.0790. The number of β-amino-alcohol motifs (C(OH)–C–C–N with tert-alkyl or cyclic N) is 1. The Balaban J connectivity index is 1.50. The predicted molar refractivity (Wildman–Crippen MR) is 116 cm³/mol. The Kier molecular flexibility index (Phi) is 5.30. The van der Waals surface area contributed by atoms with Crippen molar-refractivity contribution in [1.29, 1.82) is 0 Å². The molecule has 6 nitrogen and oxygen atoms in total. The largest absolute Gasteiger partial charge is 0.481 e. The van der Waals surface area contributed by atoms with Crippen molar-refractivity contribution in [3.8, 4) is 11.4 Å². The Morgan fingerprint density at radius 3 is 2.74 bits per heavy atom. The van der Waals surface area contributed by atoms with Crippen molar-refractivity contribution in [2.75, 3.05) is 13.1 Å². The number of H-pyrrole nitrogens is 1. The standard InChI is InChI=1S/C22H20Cl2FN3O3/c23-12-7-16-15(17(24)8-12)10-19(27-5-3-14(29)11-27)21(16)31-20-2-1-13(9-18(20)25)28-6-4-26-22(28)30/h1-2,4,6-9,14,19,21,29H,3,5,10-11H2,(H,26,30)/t14-,19-,21+/m1/s1. The topological polar surface area (TPSA) is 70.5 Å². The molecule has 2 N–H and O–H groups in total. The molecule has 1 saturated heterocycles. The third kappa shape index (κ3) is 3.76. The maximum absolute atomic E-state index is 15.0. The number of likely N-dealkylation sites (tertiary alicyclic amines) is 1. The Bertz CT molecular complexity index is 1190. The minimum absolute atomic E-state index is 0.0750. The number of fused-ring (bicyclic) bond motifs is 1. The fraction of sp³-hybridized carbons (Fsp3) is 0.318. The molecule has 31 heavy (non-hydrogen) atoms. The summed E-state index contributed by atoms with van der Waals surface area (Å²) in [7, 11) is 0. The molecule has 0 bridgehead atoms. The summed E-state index contributed by atoms with van der Waals surface area (Å²) >= 11 is 12.7. The summed E-state index contributed by atoms with van der Waals surface area (Å²) in [6.07, 6.45) is 3.45. The van der Waals surface area contributed by atoms with E-state index in [4.69, 9.17) is 27.9 Å². The van der Waals surface area contributed by atoms with Gasteiger partial charge >= 0.3 is 5.69 Å². The van der Waals surface area contributed by atoms with Gasteiger partial charge in [0.15, 0.2) is 11.6 Å². The molecular formula is C22H20Cl2FN3O3. The van der Waals surface area contributed by atoms with Gasteiger partial charge in [-0.3, -0.25) is 9.47 Å². The van der Waals surface area contributed by atoms with Crippen LogP contribution < -0.4 is 10.4 Å². The van der Waals surface area contributed by atoms with Crippen molar-refractivity contribution >= 4 is 23.2 Å². The van der Waals surface area contributed by atoms with E-state index >= 15 is 0 Å². The number of nitrogens with one attached hydrogen (secondary N) is 1. The molecule has 1 aromatic heterocycles. The Hall–Kier alpha value is -2.32. The minimum atomic E-state index is -0.576. The van der Waals surface area contributed by atoms with E-state index in [0.29, 0.717) is 35.1 Å². The third-order valence-corrected chi connectivity index (χ3v) is 6.58. The molecule has 162 valence electrons. The monoisotopic (exact) mass is 463 g/mol. The summed E-state index contributed by atoms with van der Waals surface area (Å²) in [6.45, 7) is 1.25. The lowest BCUT2D eigenvalue weighted by Crippen LogP contribution is -2.39. The highest BCUT2D eigenvalue weighted by molar-refractivity contribution is 6.35. The van der Waals surface area contributed by atoms with Crippen LogP contribution in [0.15, 0.2) is 47.5 Å². The van der Waals surface area contributed by atoms with Crippen LogP contribution in [0.3, 0.4) is 0 Å². The average Bonchev–Trinajstić information content (AvgIpc) is 3.43. The lowest BCUT2D eigenvalue weighted by atomic mass is 10.1. The van der Waals surface area contributed by atoms with Crippen LogP contribution in [-0.4, -0.2) is 44.8 Å². The lowest BCUT2D eigenvalue weighted by Gasteiger charge is -2.30. The summed E-state index contributed by atoms with van der Waals surface area (Å²) in [5, 5.41) is 11.1. The van der Waals surface area contributed by atoms with Crippen molar-refractivity contribution in [1.82, 2.24) is 14.5 Å². The van der Waals surface area contributed by atoms with Gasteiger partial charge in [0.1, 0.15) is 6.10 Å². The first-order valence-electron chi connectivity index (χ1n) is 10.0. The number of aliphatic hydroxyl groups is 1. The van der Waals surface area contributed by atoms with Gasteiger partial charge in [0.05, 0.1) is 17.8 Å². The van der Waals surface area contributed by atoms with Crippen LogP contribution in [0.1, 0.15) is 23.7 Å². The summed E-state index contributed by atoms with van der Waals surface area (Å²) in [6, 6.07) is 7.82. The number of hydrogen-bond acceptors (Lipinski definition) is 4. The van der Waals surface area contributed by atoms with Crippen LogP contribution in [0, 0.1) is 5.82 Å². The summed E-state index contributed by atoms with van der Waals surface area (Å²) in [5.74, 6) is -0.501. The van der Waals surface area contributed by atoms with Crippen LogP contribution in [0.4, 0.5) is 4.39 Å². The van der Waals surface area contributed by atoms with E-state index in [2.05, 4.69) is 9.88 Å². The number of rotatable bonds is 4. The molecule has 3 atom stereocenters. The highest BCUT2D eigenvalue weighted by atomic mass is 35.5. The second-order valence-corrected chi connectivity index (χ2v) is 8.80. The highest BCUT2D eigenvalue weighted by Gasteiger charge is 2.42. The molecular weight excluding hydrogens is 444 g/mol. The molecule has 2 aliphatic rings. The molecule has 0 radical (unpaired) electrons. The van der Waals surface area contributed by atoms with Gasteiger partial charge in [-0.2, -0.15) is 0 Å². The first-order valence-corrected chi connectivity index (χ1v) is 10.8. The Morgan fingerprint density at radius 1 is 1.23 bits per heavy atom. The molecule has 1 aliphatic heterocycles. The molecule has 0 saturated carbocycles. The zero-order valence-corrected chi connectivity index (χ0v) is 17.9. The van der Waals surface area contributed by atoms with E-state index in [0.717, 1.165) is 17.7 Å². The van der Waals surface area contributed by atoms with Gasteiger partial charge in [-0.25, -0.2) is 9.18 Å². The third-order valence-electron chi connectivity index (χ3n) is 6.02. The van der Waals surface area contributed by atoms with Crippen LogP contribution in [0.5, 0.6) is 5.75 Å². The zero-order chi connectivity index (χ0) is 21.7. The van der Waals surface area contributed by atoms with E-state index in [1.54, 1.807) is 12.1 Å². The molecule has 9 heteroatoms. The fourth-order valence-corrected chi connectivity index (χ4v) is 5.13. The van der Waals surface area contributed by atoms with Gasteiger partial charge in [0.2, 0.25) is 0 Å². The first kappa shape index (κ1) is 20.6. The number of nitrogens with zero attached hydrogens (tertiary/aromatic N) is 2. The average molecular weight is 464 g/mol. The van der Waals surface area contributed by atoms with Gasteiger partial charge in [0.25, 0.3) is 0 Å². The number of imidazole rings is 1. The van der Waals surface area contributed by atoms with Crippen LogP contribution >= 0.6 is 23.2 Å². The maximum Gasteiger partial charge on any atom is 0.330 e. The SMILES string of the molecule is O=c1[nH]ccn1-c1ccc(O[C@H]2c3cc(Cl)cc(Cl)c3C[C@H]2N2CC[C@@H](O)C2)c(F)c1. The number of aromatic nitrogens is 2. The quantitative estimate of drug-likeness (QED) is 0.618. The maximum atomic E-state index is 15.0. The van der Waals surface area contributed by atoms with Gasteiger partial charge in [-0.05, 0) is 42.7 Å². The molecule has 1 fully saturated rings. The number of aromatic amines is 1. The van der Waals surface area contributed by atoms with Crippen LogP contribution in [-0.2, 0) is 6.42 Å². The smallest absolute Gasteiger partial charge is 0.330 e. The first-order chi connectivity index (χ1) is 14.9. The number of ether oxygens (including phenoxy) is 1. The predicted octanol–water partition coefficient (Wildman–Crippen LogP) is 3.72. The minimum Gasteiger partial charge on any atom is -0.481 e. The van der Waals surface area contributed by atoms with Crippen molar-refractivity contribution in [2.24, 2.45) is 0 Å². The van der Waals surface area contributed by atoms with Crippen molar-refractivity contribution in [3.05, 3.63) is 80.2 Å². The molecule has 2 aromatic carbocycles. The van der Waals surface area contributed by atoms with Gasteiger partial charge in [0, 0.05) is 47.2 Å². The molecule has 1 aliphatic carbocycles. The number of halogens is 3. The second kappa shape index (κ2) is 7.98. The van der Waals surface area contributed by atoms with E-state index in [9.17, 15) is 14.3 Å². The number of benzene rings is 2. The summed E-state index contributed by atoms with van der Waals surface area (Å²) in [4.78, 5) is 16.5. The number of aliphatic hydroxyl groups excluding tert-OH is 1. The van der Waals surface area contributed by atoms with Crippen LogP contribution in [0.2, 0.25) is 10.0 Å². The van der Waals surface area contributed by atoms with E-state index in [1.807, 2.05) is 6.07 Å². The summed E-state index contributed by atoms with van der Waals surface area (Å²) < 4.78 is 22.5.